The third-order valence-electron chi connectivity index (χ3n) is 4.09. The minimum absolute atomic E-state index is 0.0213. The van der Waals surface area contributed by atoms with E-state index < -0.39 is 0 Å². The van der Waals surface area contributed by atoms with Crippen molar-refractivity contribution in [2.24, 2.45) is 0 Å². The third-order valence-corrected chi connectivity index (χ3v) is 4.85. The maximum atomic E-state index is 12.7. The number of nitrogens with zero attached hydrogens (tertiary/aromatic N) is 5. The number of carbonyl (C=O) groups excluding carboxylic acids is 1. The monoisotopic (exact) mass is 347 g/mol. The molecule has 0 bridgehead atoms. The summed E-state index contributed by atoms with van der Waals surface area (Å²) in [6.07, 6.45) is 3.99. The number of morpholine rings is 1. The van der Waals surface area contributed by atoms with Crippen molar-refractivity contribution in [3.05, 3.63) is 34.4 Å². The van der Waals surface area contributed by atoms with Crippen molar-refractivity contribution in [2.45, 2.75) is 39.2 Å². The van der Waals surface area contributed by atoms with Crippen molar-refractivity contribution in [1.82, 2.24) is 24.5 Å². The second-order valence-corrected chi connectivity index (χ2v) is 6.59. The molecule has 1 unspecified atom stereocenters. The van der Waals surface area contributed by atoms with Crippen LogP contribution in [0.15, 0.2) is 12.4 Å². The van der Waals surface area contributed by atoms with Gasteiger partial charge in [0.05, 0.1) is 18.4 Å². The number of hydrogen-bond donors (Lipinski definition) is 0. The van der Waals surface area contributed by atoms with Gasteiger partial charge in [0.15, 0.2) is 0 Å². The molecule has 2 aromatic rings. The smallest absolute Gasteiger partial charge is 0.267 e. The topological polar surface area (TPSA) is 81.1 Å². The molecule has 128 valence electrons. The molecule has 1 saturated heterocycles. The molecule has 0 saturated carbocycles. The highest BCUT2D eigenvalue weighted by molar-refractivity contribution is 7.08. The van der Waals surface area contributed by atoms with Crippen molar-refractivity contribution < 1.29 is 9.53 Å². The number of rotatable bonds is 5. The summed E-state index contributed by atoms with van der Waals surface area (Å²) in [7, 11) is 0. The molecule has 0 aromatic carbocycles. The highest BCUT2D eigenvalue weighted by Gasteiger charge is 2.27. The van der Waals surface area contributed by atoms with Crippen LogP contribution in [0.1, 0.15) is 40.1 Å². The SMILES string of the molecule is CCc1nnsc1C(=O)N1CCOC(CCc2cc(C)ncn2)C1. The molecule has 1 fully saturated rings. The Balaban J connectivity index is 1.59. The average molecular weight is 347 g/mol. The molecule has 7 nitrogen and oxygen atoms in total. The van der Waals surface area contributed by atoms with Crippen molar-refractivity contribution in [3.8, 4) is 0 Å². The van der Waals surface area contributed by atoms with Crippen LogP contribution in [-0.4, -0.2) is 56.2 Å². The number of carbonyl (C=O) groups is 1. The lowest BCUT2D eigenvalue weighted by Crippen LogP contribution is -2.45. The Labute approximate surface area is 145 Å². The van der Waals surface area contributed by atoms with Gasteiger partial charge < -0.3 is 9.64 Å². The minimum Gasteiger partial charge on any atom is -0.375 e. The van der Waals surface area contributed by atoms with E-state index in [1.807, 2.05) is 24.8 Å². The van der Waals surface area contributed by atoms with Gasteiger partial charge in [-0.3, -0.25) is 4.79 Å². The Morgan fingerprint density at radius 2 is 2.33 bits per heavy atom. The van der Waals surface area contributed by atoms with Gasteiger partial charge in [-0.15, -0.1) is 5.10 Å². The Hall–Kier alpha value is -1.93. The molecule has 0 N–H and O–H groups in total. The van der Waals surface area contributed by atoms with Crippen molar-refractivity contribution in [2.75, 3.05) is 19.7 Å². The van der Waals surface area contributed by atoms with Gasteiger partial charge in [0, 0.05) is 24.5 Å². The Morgan fingerprint density at radius 3 is 3.12 bits per heavy atom. The summed E-state index contributed by atoms with van der Waals surface area (Å²) in [6.45, 7) is 5.72. The molecular weight excluding hydrogens is 326 g/mol. The molecule has 0 aliphatic carbocycles. The fourth-order valence-corrected chi connectivity index (χ4v) is 3.50. The zero-order chi connectivity index (χ0) is 16.9. The van der Waals surface area contributed by atoms with Crippen LogP contribution in [0.25, 0.3) is 0 Å². The fourth-order valence-electron chi connectivity index (χ4n) is 2.78. The maximum Gasteiger partial charge on any atom is 0.267 e. The largest absolute Gasteiger partial charge is 0.375 e. The van der Waals surface area contributed by atoms with Crippen molar-refractivity contribution in [1.29, 1.82) is 0 Å². The zero-order valence-electron chi connectivity index (χ0n) is 13.9. The van der Waals surface area contributed by atoms with E-state index in [9.17, 15) is 4.79 Å². The molecule has 8 heteroatoms. The quantitative estimate of drug-likeness (QED) is 0.818. The normalized spacial score (nSPS) is 17.9. The van der Waals surface area contributed by atoms with E-state index in [4.69, 9.17) is 4.74 Å². The second-order valence-electron chi connectivity index (χ2n) is 5.84. The number of aromatic nitrogens is 4. The molecule has 0 radical (unpaired) electrons. The van der Waals surface area contributed by atoms with Crippen molar-refractivity contribution in [3.63, 3.8) is 0 Å². The number of amides is 1. The van der Waals surface area contributed by atoms with E-state index in [2.05, 4.69) is 19.6 Å². The molecule has 1 amide bonds. The van der Waals surface area contributed by atoms with E-state index in [1.165, 1.54) is 11.5 Å². The summed E-state index contributed by atoms with van der Waals surface area (Å²) < 4.78 is 9.73. The van der Waals surface area contributed by atoms with Gasteiger partial charge in [-0.25, -0.2) is 9.97 Å². The lowest BCUT2D eigenvalue weighted by molar-refractivity contribution is -0.0245. The first-order chi connectivity index (χ1) is 11.7. The van der Waals surface area contributed by atoms with E-state index >= 15 is 0 Å². The molecule has 1 aliphatic rings. The fraction of sp³-hybridized carbons (Fsp3) is 0.562. The molecule has 2 aromatic heterocycles. The maximum absolute atomic E-state index is 12.7. The predicted octanol–water partition coefficient (Wildman–Crippen LogP) is 1.67. The third kappa shape index (κ3) is 3.93. The van der Waals surface area contributed by atoms with Gasteiger partial charge >= 0.3 is 0 Å². The summed E-state index contributed by atoms with van der Waals surface area (Å²) in [5.41, 5.74) is 2.75. The highest BCUT2D eigenvalue weighted by atomic mass is 32.1. The summed E-state index contributed by atoms with van der Waals surface area (Å²) in [5.74, 6) is 0.0213. The number of ether oxygens (including phenoxy) is 1. The lowest BCUT2D eigenvalue weighted by atomic mass is 10.1. The van der Waals surface area contributed by atoms with Crippen LogP contribution in [0.3, 0.4) is 0 Å². The molecule has 1 atom stereocenters. The van der Waals surface area contributed by atoms with Crippen LogP contribution in [-0.2, 0) is 17.6 Å². The first-order valence-corrected chi connectivity index (χ1v) is 8.94. The number of aryl methyl sites for hydroxylation is 3. The van der Waals surface area contributed by atoms with E-state index in [0.717, 1.165) is 36.3 Å². The molecule has 0 spiro atoms. The molecule has 24 heavy (non-hydrogen) atoms. The van der Waals surface area contributed by atoms with Gasteiger partial charge in [-0.2, -0.15) is 0 Å². The van der Waals surface area contributed by atoms with E-state index in [0.29, 0.717) is 24.6 Å². The number of hydrogen-bond acceptors (Lipinski definition) is 7. The van der Waals surface area contributed by atoms with Gasteiger partial charge in [0.1, 0.15) is 11.2 Å². The van der Waals surface area contributed by atoms with Crippen molar-refractivity contribution >= 4 is 17.4 Å². The van der Waals surface area contributed by atoms with Gasteiger partial charge in [0.25, 0.3) is 5.91 Å². The standard InChI is InChI=1S/C16H21N5O2S/c1-3-14-15(24-20-19-14)16(22)21-6-7-23-13(9-21)5-4-12-8-11(2)17-10-18-12/h8,10,13H,3-7,9H2,1-2H3. The highest BCUT2D eigenvalue weighted by Crippen LogP contribution is 2.18. The summed E-state index contributed by atoms with van der Waals surface area (Å²) >= 11 is 1.18. The zero-order valence-corrected chi connectivity index (χ0v) is 14.8. The van der Waals surface area contributed by atoms with E-state index in [1.54, 1.807) is 6.33 Å². The Kier molecular flexibility index (Phi) is 5.47. The van der Waals surface area contributed by atoms with Crippen LogP contribution in [0.5, 0.6) is 0 Å². The van der Waals surface area contributed by atoms with E-state index in [-0.39, 0.29) is 12.0 Å². The average Bonchev–Trinajstić information content (AvgIpc) is 3.08. The van der Waals surface area contributed by atoms with Crippen LogP contribution in [0.4, 0.5) is 0 Å². The predicted molar refractivity (Wildman–Crippen MR) is 90.0 cm³/mol. The van der Waals surface area contributed by atoms with Gasteiger partial charge in [-0.05, 0) is 43.8 Å². The lowest BCUT2D eigenvalue weighted by Gasteiger charge is -2.32. The molecule has 3 heterocycles. The Morgan fingerprint density at radius 1 is 1.46 bits per heavy atom. The summed E-state index contributed by atoms with van der Waals surface area (Å²) in [5, 5.41) is 4.03. The molecular formula is C16H21N5O2S. The van der Waals surface area contributed by atoms with Crippen LogP contribution >= 0.6 is 11.5 Å². The van der Waals surface area contributed by atoms with Crippen LogP contribution in [0.2, 0.25) is 0 Å². The van der Waals surface area contributed by atoms with Crippen LogP contribution in [0, 0.1) is 6.92 Å². The molecule has 1 aliphatic heterocycles. The van der Waals surface area contributed by atoms with Gasteiger partial charge in [-0.1, -0.05) is 11.4 Å². The Bertz CT molecular complexity index is 705. The molecule has 3 rings (SSSR count). The first-order valence-electron chi connectivity index (χ1n) is 8.17. The van der Waals surface area contributed by atoms with Crippen LogP contribution < -0.4 is 0 Å². The first kappa shape index (κ1) is 16.9. The summed E-state index contributed by atoms with van der Waals surface area (Å²) in [4.78, 5) is 23.6. The minimum atomic E-state index is 0.0213. The summed E-state index contributed by atoms with van der Waals surface area (Å²) in [6, 6.07) is 1.99. The van der Waals surface area contributed by atoms with Gasteiger partial charge in [0.2, 0.25) is 0 Å². The second kappa shape index (κ2) is 7.76.